The summed E-state index contributed by atoms with van der Waals surface area (Å²) < 4.78 is 17.8. The standard InChI is InChI=1S/C12H13FO2S/c13-10-5-3-9(4-6-10)8-15-12(14)11-2-1-7-16-11/h3-6,11H,1-2,7-8H2/t11-/m1/s1. The predicted molar refractivity (Wildman–Crippen MR) is 61.7 cm³/mol. The second kappa shape index (κ2) is 5.34. The van der Waals surface area contributed by atoms with Crippen molar-refractivity contribution in [3.8, 4) is 0 Å². The smallest absolute Gasteiger partial charge is 0.319 e. The molecule has 16 heavy (non-hydrogen) atoms. The molecule has 1 saturated heterocycles. The lowest BCUT2D eigenvalue weighted by atomic mass is 10.2. The van der Waals surface area contributed by atoms with E-state index in [1.807, 2.05) is 0 Å². The van der Waals surface area contributed by atoms with E-state index in [9.17, 15) is 9.18 Å². The lowest BCUT2D eigenvalue weighted by Gasteiger charge is -2.08. The highest BCUT2D eigenvalue weighted by Crippen LogP contribution is 2.27. The Hall–Kier alpha value is -1.03. The van der Waals surface area contributed by atoms with Crippen molar-refractivity contribution < 1.29 is 13.9 Å². The summed E-state index contributed by atoms with van der Waals surface area (Å²) in [5.74, 6) is 0.615. The van der Waals surface area contributed by atoms with Crippen molar-refractivity contribution >= 4 is 17.7 Å². The van der Waals surface area contributed by atoms with Gasteiger partial charge in [0.1, 0.15) is 17.7 Å². The van der Waals surface area contributed by atoms with E-state index in [4.69, 9.17) is 4.74 Å². The largest absolute Gasteiger partial charge is 0.460 e. The first-order valence-electron chi connectivity index (χ1n) is 5.28. The van der Waals surface area contributed by atoms with Crippen molar-refractivity contribution in [1.82, 2.24) is 0 Å². The number of thioether (sulfide) groups is 1. The van der Waals surface area contributed by atoms with Crippen molar-refractivity contribution in [1.29, 1.82) is 0 Å². The number of hydrogen-bond acceptors (Lipinski definition) is 3. The monoisotopic (exact) mass is 240 g/mol. The fourth-order valence-electron chi connectivity index (χ4n) is 1.59. The minimum atomic E-state index is -0.276. The summed E-state index contributed by atoms with van der Waals surface area (Å²) >= 11 is 1.65. The minimum absolute atomic E-state index is 0.000415. The summed E-state index contributed by atoms with van der Waals surface area (Å²) in [5, 5.41) is 0.000415. The van der Waals surface area contributed by atoms with Crippen LogP contribution in [0.3, 0.4) is 0 Å². The second-order valence-electron chi connectivity index (χ2n) is 3.74. The molecule has 1 fully saturated rings. The molecule has 86 valence electrons. The van der Waals surface area contributed by atoms with Gasteiger partial charge in [0.15, 0.2) is 0 Å². The fourth-order valence-corrected chi connectivity index (χ4v) is 2.75. The lowest BCUT2D eigenvalue weighted by Crippen LogP contribution is -2.17. The van der Waals surface area contributed by atoms with Gasteiger partial charge in [0.05, 0.1) is 0 Å². The zero-order valence-electron chi connectivity index (χ0n) is 8.82. The van der Waals surface area contributed by atoms with E-state index in [1.165, 1.54) is 12.1 Å². The zero-order valence-corrected chi connectivity index (χ0v) is 9.63. The van der Waals surface area contributed by atoms with Crippen molar-refractivity contribution in [2.45, 2.75) is 24.7 Å². The third-order valence-electron chi connectivity index (χ3n) is 2.49. The van der Waals surface area contributed by atoms with E-state index in [-0.39, 0.29) is 23.6 Å². The number of carbonyl (C=O) groups is 1. The van der Waals surface area contributed by atoms with Crippen molar-refractivity contribution in [3.05, 3.63) is 35.6 Å². The zero-order chi connectivity index (χ0) is 11.4. The minimum Gasteiger partial charge on any atom is -0.460 e. The molecule has 1 aromatic rings. The fraction of sp³-hybridized carbons (Fsp3) is 0.417. The summed E-state index contributed by atoms with van der Waals surface area (Å²) in [6.45, 7) is 0.232. The SMILES string of the molecule is O=C(OCc1ccc(F)cc1)[C@H]1CCCS1. The van der Waals surface area contributed by atoms with Gasteiger partial charge < -0.3 is 4.74 Å². The number of rotatable bonds is 3. The van der Waals surface area contributed by atoms with E-state index in [2.05, 4.69) is 0 Å². The number of carbonyl (C=O) groups excluding carboxylic acids is 1. The van der Waals surface area contributed by atoms with Gasteiger partial charge in [-0.25, -0.2) is 4.39 Å². The molecule has 1 aliphatic heterocycles. The van der Waals surface area contributed by atoms with Crippen LogP contribution in [0.15, 0.2) is 24.3 Å². The number of benzene rings is 1. The van der Waals surface area contributed by atoms with E-state index in [1.54, 1.807) is 23.9 Å². The highest BCUT2D eigenvalue weighted by atomic mass is 32.2. The second-order valence-corrected chi connectivity index (χ2v) is 5.05. The molecule has 0 unspecified atom stereocenters. The van der Waals surface area contributed by atoms with Crippen LogP contribution in [0.4, 0.5) is 4.39 Å². The van der Waals surface area contributed by atoms with E-state index in [0.717, 1.165) is 24.2 Å². The molecule has 1 aromatic carbocycles. The molecule has 1 aliphatic rings. The molecule has 0 saturated carbocycles. The van der Waals surface area contributed by atoms with Gasteiger partial charge in [-0.2, -0.15) is 0 Å². The molecule has 0 spiro atoms. The topological polar surface area (TPSA) is 26.3 Å². The van der Waals surface area contributed by atoms with Crippen LogP contribution in [0, 0.1) is 5.82 Å². The molecule has 0 radical (unpaired) electrons. The van der Waals surface area contributed by atoms with Gasteiger partial charge in [0, 0.05) is 0 Å². The Morgan fingerprint density at radius 1 is 1.44 bits per heavy atom. The Balaban J connectivity index is 1.82. The molecular formula is C12H13FO2S. The van der Waals surface area contributed by atoms with E-state index >= 15 is 0 Å². The number of halogens is 1. The number of esters is 1. The Labute approximate surface area is 98.2 Å². The molecule has 0 aliphatic carbocycles. The first-order chi connectivity index (χ1) is 7.75. The highest BCUT2D eigenvalue weighted by Gasteiger charge is 2.24. The summed E-state index contributed by atoms with van der Waals surface area (Å²) in [5.41, 5.74) is 0.817. The molecule has 0 bridgehead atoms. The summed E-state index contributed by atoms with van der Waals surface area (Å²) in [4.78, 5) is 11.6. The molecule has 0 aromatic heterocycles. The maximum absolute atomic E-state index is 12.6. The average molecular weight is 240 g/mol. The van der Waals surface area contributed by atoms with Gasteiger partial charge in [-0.1, -0.05) is 12.1 Å². The van der Waals surface area contributed by atoms with Gasteiger partial charge in [-0.15, -0.1) is 11.8 Å². The summed E-state index contributed by atoms with van der Waals surface area (Å²) in [7, 11) is 0. The predicted octanol–water partition coefficient (Wildman–Crippen LogP) is 2.76. The third kappa shape index (κ3) is 2.98. The molecule has 4 heteroatoms. The molecule has 2 nitrogen and oxygen atoms in total. The van der Waals surface area contributed by atoms with Gasteiger partial charge >= 0.3 is 5.97 Å². The first kappa shape index (κ1) is 11.5. The van der Waals surface area contributed by atoms with E-state index < -0.39 is 0 Å². The van der Waals surface area contributed by atoms with Crippen LogP contribution in [-0.2, 0) is 16.1 Å². The van der Waals surface area contributed by atoms with Crippen LogP contribution in [0.5, 0.6) is 0 Å². The maximum atomic E-state index is 12.6. The Bertz CT molecular complexity index is 358. The van der Waals surface area contributed by atoms with Crippen molar-refractivity contribution in [2.75, 3.05) is 5.75 Å². The molecule has 0 amide bonds. The van der Waals surface area contributed by atoms with Gasteiger partial charge in [0.25, 0.3) is 0 Å². The van der Waals surface area contributed by atoms with Crippen LogP contribution >= 0.6 is 11.8 Å². The summed E-state index contributed by atoms with van der Waals surface area (Å²) in [6.07, 6.45) is 1.99. The Morgan fingerprint density at radius 3 is 2.81 bits per heavy atom. The summed E-state index contributed by atoms with van der Waals surface area (Å²) in [6, 6.07) is 6.00. The molecule has 1 atom stereocenters. The normalized spacial score (nSPS) is 19.7. The van der Waals surface area contributed by atoms with E-state index in [0.29, 0.717) is 0 Å². The van der Waals surface area contributed by atoms with Crippen LogP contribution in [0.25, 0.3) is 0 Å². The Kier molecular flexibility index (Phi) is 3.83. The van der Waals surface area contributed by atoms with Crippen LogP contribution < -0.4 is 0 Å². The number of hydrogen-bond donors (Lipinski definition) is 0. The van der Waals surface area contributed by atoms with Crippen LogP contribution in [-0.4, -0.2) is 17.0 Å². The average Bonchev–Trinajstić information content (AvgIpc) is 2.81. The molecule has 1 heterocycles. The first-order valence-corrected chi connectivity index (χ1v) is 6.33. The quantitative estimate of drug-likeness (QED) is 0.760. The Morgan fingerprint density at radius 2 is 2.19 bits per heavy atom. The third-order valence-corrected chi connectivity index (χ3v) is 3.84. The van der Waals surface area contributed by atoms with Crippen molar-refractivity contribution in [3.63, 3.8) is 0 Å². The molecule has 0 N–H and O–H groups in total. The highest BCUT2D eigenvalue weighted by molar-refractivity contribution is 8.00. The van der Waals surface area contributed by atoms with Crippen LogP contribution in [0.2, 0.25) is 0 Å². The molecule has 2 rings (SSSR count). The van der Waals surface area contributed by atoms with Gasteiger partial charge in [-0.05, 0) is 36.3 Å². The number of ether oxygens (including phenoxy) is 1. The maximum Gasteiger partial charge on any atom is 0.319 e. The molecular weight excluding hydrogens is 227 g/mol. The van der Waals surface area contributed by atoms with Gasteiger partial charge in [0.2, 0.25) is 0 Å². The van der Waals surface area contributed by atoms with Gasteiger partial charge in [-0.3, -0.25) is 4.79 Å². The van der Waals surface area contributed by atoms with Crippen LogP contribution in [0.1, 0.15) is 18.4 Å². The lowest BCUT2D eigenvalue weighted by molar-refractivity contribution is -0.144. The van der Waals surface area contributed by atoms with Crippen molar-refractivity contribution in [2.24, 2.45) is 0 Å².